The molecule has 2 saturated heterocycles. The van der Waals surface area contributed by atoms with E-state index in [1.165, 1.54) is 12.7 Å². The molecule has 5 aliphatic carbocycles. The minimum absolute atomic E-state index is 0.141. The third kappa shape index (κ3) is 7.20. The molecule has 14 heteroatoms. The summed E-state index contributed by atoms with van der Waals surface area (Å²) < 4.78 is 40.6. The summed E-state index contributed by atoms with van der Waals surface area (Å²) in [6, 6.07) is 7.65. The number of Topliss-reactive ketones (excluding diaryl/α,β-unsaturated/α-hetero) is 2. The Kier molecular flexibility index (Phi) is 12.2. The highest BCUT2D eigenvalue weighted by Gasteiger charge is 2.84. The molecule has 14 nitrogen and oxygen atoms in total. The van der Waals surface area contributed by atoms with Crippen LogP contribution in [0.1, 0.15) is 134 Å². The Morgan fingerprint density at radius 3 is 2.39 bits per heavy atom. The standard InChI is InChI=1S/C60H74N2O12/c1-30(2)15-14-22-57(10)23-21-38-50(73-57)37(19-18-31(3)4)52-44(51(38)71-41-27-34-29-70-56(8,9)72-49(34)48(65)47(41)64)60-53-42(43-45(62(60)26-25-61-60)35-16-12-13-17-36(35)46(43)63)39-28-40(32(5)6)59(53,74-52)58(68,54(39)66)24-20-33(7)55(67)69-11/h12-13,15-18,20-21,23,32,34,39-42,47-49,53,61,64-65,68H,14,19,22,24-29H2,1-11H3/b33-20-/t34-,39?,40?,41-,42?,47+,48-,49-,53?,57?,58?,59?,60?/m0/s1. The number of hydrogen-bond donors (Lipinski definition) is 4. The maximum Gasteiger partial charge on any atom is 0.333 e. The molecule has 0 radical (unpaired) electrons. The monoisotopic (exact) mass is 1010 g/mol. The summed E-state index contributed by atoms with van der Waals surface area (Å²) in [5.41, 5.74) is 0.949. The van der Waals surface area contributed by atoms with Crippen LogP contribution in [0.25, 0.3) is 11.8 Å². The first-order chi connectivity index (χ1) is 35.0. The van der Waals surface area contributed by atoms with Crippen molar-refractivity contribution < 1.29 is 58.1 Å². The van der Waals surface area contributed by atoms with Crippen LogP contribution in [0.15, 0.2) is 70.9 Å². The van der Waals surface area contributed by atoms with E-state index in [9.17, 15) is 20.1 Å². The van der Waals surface area contributed by atoms with Crippen molar-refractivity contribution in [3.05, 3.63) is 98.7 Å². The molecule has 396 valence electrons. The van der Waals surface area contributed by atoms with Crippen LogP contribution in [0.3, 0.4) is 0 Å². The minimum Gasteiger partial charge on any atom is -0.486 e. The molecule has 2 aromatic rings. The van der Waals surface area contributed by atoms with Crippen molar-refractivity contribution in [2.45, 2.75) is 160 Å². The highest BCUT2D eigenvalue weighted by Crippen LogP contribution is 2.75. The predicted molar refractivity (Wildman–Crippen MR) is 277 cm³/mol. The maximum atomic E-state index is 16.0. The van der Waals surface area contributed by atoms with Gasteiger partial charge in [0.15, 0.2) is 28.6 Å². The van der Waals surface area contributed by atoms with E-state index in [2.05, 4.69) is 69.1 Å². The van der Waals surface area contributed by atoms with E-state index in [1.807, 2.05) is 38.1 Å². The quantitative estimate of drug-likeness (QED) is 0.0968. The number of esters is 1. The van der Waals surface area contributed by atoms with Crippen LogP contribution in [0.2, 0.25) is 0 Å². The molecule has 13 atom stereocenters. The van der Waals surface area contributed by atoms with Gasteiger partial charge in [-0.1, -0.05) is 67.5 Å². The van der Waals surface area contributed by atoms with E-state index < -0.39 is 88.1 Å². The lowest BCUT2D eigenvalue weighted by atomic mass is 9.38. The predicted octanol–water partition coefficient (Wildman–Crippen LogP) is 7.90. The molecule has 2 spiro atoms. The van der Waals surface area contributed by atoms with Gasteiger partial charge in [-0.2, -0.15) is 0 Å². The van der Waals surface area contributed by atoms with Crippen molar-refractivity contribution in [3.63, 3.8) is 0 Å². The number of allylic oxidation sites excluding steroid dienone is 5. The summed E-state index contributed by atoms with van der Waals surface area (Å²) >= 11 is 0. The number of methoxy groups -OCH3 is 1. The second-order valence-electron chi connectivity index (χ2n) is 24.1. The van der Waals surface area contributed by atoms with Gasteiger partial charge in [-0.25, -0.2) is 4.79 Å². The first kappa shape index (κ1) is 51.0. The third-order valence-corrected chi connectivity index (χ3v) is 18.2. The second-order valence-corrected chi connectivity index (χ2v) is 24.1. The zero-order chi connectivity index (χ0) is 52.8. The summed E-state index contributed by atoms with van der Waals surface area (Å²) in [6.07, 6.45) is 7.79. The number of benzene rings is 2. The van der Waals surface area contributed by atoms with Gasteiger partial charge >= 0.3 is 5.97 Å². The highest BCUT2D eigenvalue weighted by molar-refractivity contribution is 6.22. The van der Waals surface area contributed by atoms with Gasteiger partial charge in [-0.15, -0.1) is 0 Å². The number of aliphatic hydroxyl groups is 3. The summed E-state index contributed by atoms with van der Waals surface area (Å²) in [7, 11) is 1.30. The number of rotatable bonds is 11. The summed E-state index contributed by atoms with van der Waals surface area (Å²) in [4.78, 5) is 46.7. The van der Waals surface area contributed by atoms with E-state index in [0.29, 0.717) is 77.4 Å². The Balaban J connectivity index is 1.24. The fraction of sp³-hybridized carbons (Fsp3) is 0.583. The largest absolute Gasteiger partial charge is 0.486 e. The Bertz CT molecular complexity index is 2880. The average molecular weight is 1020 g/mol. The van der Waals surface area contributed by atoms with Crippen molar-refractivity contribution in [3.8, 4) is 17.2 Å². The number of ether oxygens (including phenoxy) is 6. The molecule has 2 bridgehead atoms. The lowest BCUT2D eigenvalue weighted by Gasteiger charge is -2.73. The molecule has 0 aromatic heterocycles. The highest BCUT2D eigenvalue weighted by atomic mass is 16.7. The molecule has 10 aliphatic rings. The van der Waals surface area contributed by atoms with Crippen molar-refractivity contribution >= 4 is 29.3 Å². The van der Waals surface area contributed by atoms with E-state index in [4.69, 9.17) is 28.4 Å². The minimum atomic E-state index is -2.23. The Hall–Kier alpha value is -5.09. The van der Waals surface area contributed by atoms with Crippen LogP contribution >= 0.6 is 0 Å². The molecule has 6 fully saturated rings. The Morgan fingerprint density at radius 1 is 0.959 bits per heavy atom. The summed E-state index contributed by atoms with van der Waals surface area (Å²) in [5, 5.41) is 42.5. The first-order valence-corrected chi connectivity index (χ1v) is 26.9. The number of hydrogen-bond acceptors (Lipinski definition) is 14. The first-order valence-electron chi connectivity index (χ1n) is 26.9. The van der Waals surface area contributed by atoms with Crippen LogP contribution < -0.4 is 19.5 Å². The van der Waals surface area contributed by atoms with Crippen LogP contribution in [0.4, 0.5) is 0 Å². The number of ketones is 2. The summed E-state index contributed by atoms with van der Waals surface area (Å²) in [6.45, 7) is 20.9. The van der Waals surface area contributed by atoms with Gasteiger partial charge in [0, 0.05) is 71.0 Å². The molecule has 12 rings (SSSR count). The number of aliphatic hydroxyl groups excluding tert-OH is 2. The van der Waals surface area contributed by atoms with Crippen molar-refractivity contribution in [1.29, 1.82) is 0 Å². The lowest BCUT2D eigenvalue weighted by molar-refractivity contribution is -0.328. The SMILES string of the molecule is COC(=O)/C(C)=C\CC1(O)C(=O)C2CC(C(C)C)C13Oc1c(CC=C(C)C)c4c(c(O[C@H]5C[C@H]6COC(C)(C)O[C@@H]6[C@@H](O)[C@@H]5O)c1C15NCCN1C1=C(C(=O)c6ccccc61)C2C53)C=CC(C)(CCC=C(C)C)O4. The fourth-order valence-corrected chi connectivity index (χ4v) is 15.0. The normalized spacial score (nSPS) is 36.6. The lowest BCUT2D eigenvalue weighted by Crippen LogP contribution is -2.86. The molecule has 2 aromatic carbocycles. The van der Waals surface area contributed by atoms with Crippen molar-refractivity contribution in [2.24, 2.45) is 35.5 Å². The average Bonchev–Trinajstić information content (AvgIpc) is 3.92. The van der Waals surface area contributed by atoms with Gasteiger partial charge in [0.05, 0.1) is 42.6 Å². The van der Waals surface area contributed by atoms with E-state index >= 15 is 9.59 Å². The van der Waals surface area contributed by atoms with Gasteiger partial charge in [0.2, 0.25) is 0 Å². The summed E-state index contributed by atoms with van der Waals surface area (Å²) in [5.74, 6) is -4.12. The van der Waals surface area contributed by atoms with Crippen molar-refractivity contribution in [2.75, 3.05) is 26.8 Å². The molecule has 74 heavy (non-hydrogen) atoms. The third-order valence-electron chi connectivity index (χ3n) is 18.2. The Morgan fingerprint density at radius 2 is 1.69 bits per heavy atom. The van der Waals surface area contributed by atoms with E-state index in [0.717, 1.165) is 23.3 Å². The number of nitrogens with one attached hydrogen (secondary N) is 1. The number of carbonyl (C=O) groups excluding carboxylic acids is 3. The molecule has 0 amide bonds. The molecule has 4 N–H and O–H groups in total. The van der Waals surface area contributed by atoms with Gasteiger partial charge in [-0.3, -0.25) is 14.9 Å². The van der Waals surface area contributed by atoms with E-state index in [1.54, 1.807) is 26.8 Å². The van der Waals surface area contributed by atoms with Gasteiger partial charge < -0.3 is 48.6 Å². The van der Waals surface area contributed by atoms with Gasteiger partial charge in [-0.05, 0) is 106 Å². The van der Waals surface area contributed by atoms with E-state index in [-0.39, 0.29) is 42.6 Å². The molecule has 5 aliphatic heterocycles. The number of nitrogens with zero attached hydrogens (tertiary/aromatic N) is 1. The number of carbonyl (C=O) groups is 3. The number of fused-ring (bicyclic) bond motifs is 8. The van der Waals surface area contributed by atoms with Crippen LogP contribution in [0.5, 0.6) is 17.2 Å². The molecular formula is C60H74N2O12. The van der Waals surface area contributed by atoms with Crippen molar-refractivity contribution in [1.82, 2.24) is 10.2 Å². The molecule has 4 saturated carbocycles. The zero-order valence-corrected chi connectivity index (χ0v) is 44.8. The van der Waals surface area contributed by atoms with Gasteiger partial charge in [0.25, 0.3) is 0 Å². The molecule has 5 heterocycles. The zero-order valence-electron chi connectivity index (χ0n) is 44.8. The molecule has 8 unspecified atom stereocenters. The Labute approximate surface area is 434 Å². The maximum absolute atomic E-state index is 16.0. The van der Waals surface area contributed by atoms with Crippen LogP contribution in [0, 0.1) is 35.5 Å². The van der Waals surface area contributed by atoms with Crippen LogP contribution in [-0.4, -0.2) is 112 Å². The fourth-order valence-electron chi connectivity index (χ4n) is 15.0. The van der Waals surface area contributed by atoms with Crippen LogP contribution in [-0.2, 0) is 35.9 Å². The second kappa shape index (κ2) is 17.7. The topological polar surface area (TPSA) is 183 Å². The van der Waals surface area contributed by atoms with Gasteiger partial charge in [0.1, 0.15) is 46.8 Å². The smallest absolute Gasteiger partial charge is 0.333 e. The molecular weight excluding hydrogens is 941 g/mol.